The van der Waals surface area contributed by atoms with E-state index in [2.05, 4.69) is 32.9 Å². The first kappa shape index (κ1) is 22.4. The summed E-state index contributed by atoms with van der Waals surface area (Å²) in [5.74, 6) is 3.54. The third-order valence-electron chi connectivity index (χ3n) is 6.04. The maximum atomic E-state index is 6.38. The fraction of sp³-hybridized carbons (Fsp3) is 0.320. The van der Waals surface area contributed by atoms with Gasteiger partial charge in [0.15, 0.2) is 0 Å². The molecule has 2 aromatic carbocycles. The number of benzene rings is 2. The number of ether oxygens (including phenoxy) is 3. The van der Waals surface area contributed by atoms with E-state index < -0.39 is 6.35 Å². The Morgan fingerprint density at radius 1 is 1.18 bits per heavy atom. The van der Waals surface area contributed by atoms with Crippen LogP contribution in [0.2, 0.25) is 5.02 Å². The molecule has 0 spiro atoms. The summed E-state index contributed by atoms with van der Waals surface area (Å²) in [5, 5.41) is 10.3. The average Bonchev–Trinajstić information content (AvgIpc) is 3.44. The number of aromatic nitrogens is 1. The van der Waals surface area contributed by atoms with Crippen LogP contribution in [-0.2, 0) is 0 Å². The van der Waals surface area contributed by atoms with Crippen molar-refractivity contribution in [3.05, 3.63) is 59.8 Å². The lowest BCUT2D eigenvalue weighted by atomic mass is 10.2. The lowest BCUT2D eigenvalue weighted by Gasteiger charge is -2.21. The summed E-state index contributed by atoms with van der Waals surface area (Å²) in [7, 11) is 3.95. The molecule has 0 saturated carbocycles. The van der Waals surface area contributed by atoms with Crippen LogP contribution < -0.4 is 30.2 Å². The number of nitrogens with zero attached hydrogens (tertiary/aromatic N) is 2. The Morgan fingerprint density at radius 2 is 2.06 bits per heavy atom. The van der Waals surface area contributed by atoms with Crippen molar-refractivity contribution in [3.63, 3.8) is 0 Å². The molecule has 2 aliphatic heterocycles. The summed E-state index contributed by atoms with van der Waals surface area (Å²) < 4.78 is 18.0. The third-order valence-corrected chi connectivity index (χ3v) is 6.35. The molecule has 0 bridgehead atoms. The molecular formula is C25H28ClN5O3. The molecular weight excluding hydrogens is 454 g/mol. The highest BCUT2D eigenvalue weighted by atomic mass is 35.5. The van der Waals surface area contributed by atoms with Crippen molar-refractivity contribution < 1.29 is 14.2 Å². The molecule has 3 heterocycles. The molecule has 5 rings (SSSR count). The summed E-state index contributed by atoms with van der Waals surface area (Å²) in [5.41, 5.74) is 1.69. The molecule has 1 unspecified atom stereocenters. The van der Waals surface area contributed by atoms with Gasteiger partial charge in [-0.25, -0.2) is 4.98 Å². The maximum absolute atomic E-state index is 6.38. The highest BCUT2D eigenvalue weighted by Gasteiger charge is 2.24. The maximum Gasteiger partial charge on any atom is 0.248 e. The molecule has 0 aliphatic carbocycles. The van der Waals surface area contributed by atoms with E-state index in [-0.39, 0.29) is 0 Å². The number of fused-ring (bicyclic) bond motifs is 1. The minimum atomic E-state index is -0.433. The number of pyridine rings is 1. The summed E-state index contributed by atoms with van der Waals surface area (Å²) in [6.45, 7) is 1.74. The molecule has 34 heavy (non-hydrogen) atoms. The lowest BCUT2D eigenvalue weighted by molar-refractivity contribution is 0.198. The van der Waals surface area contributed by atoms with E-state index in [9.17, 15) is 0 Å². The van der Waals surface area contributed by atoms with Crippen molar-refractivity contribution in [2.75, 3.05) is 43.2 Å². The Balaban J connectivity index is 1.21. The quantitative estimate of drug-likeness (QED) is 0.403. The van der Waals surface area contributed by atoms with Gasteiger partial charge < -0.3 is 35.1 Å². The van der Waals surface area contributed by atoms with Crippen molar-refractivity contribution >= 4 is 28.8 Å². The van der Waals surface area contributed by atoms with Gasteiger partial charge in [-0.3, -0.25) is 0 Å². The minimum Gasteiger partial charge on any atom is -0.490 e. The van der Waals surface area contributed by atoms with E-state index in [1.54, 1.807) is 6.20 Å². The minimum absolute atomic E-state index is 0.426. The molecule has 2 aliphatic rings. The van der Waals surface area contributed by atoms with E-state index in [1.807, 2.05) is 55.6 Å². The number of likely N-dealkylation sites (N-methyl/N-ethyl adjacent to an activating group) is 1. The van der Waals surface area contributed by atoms with Crippen LogP contribution in [0.15, 0.2) is 54.7 Å². The molecule has 1 aromatic heterocycles. The van der Waals surface area contributed by atoms with Gasteiger partial charge in [0, 0.05) is 43.2 Å². The first-order valence-corrected chi connectivity index (χ1v) is 11.7. The molecule has 1 fully saturated rings. The molecule has 1 saturated heterocycles. The van der Waals surface area contributed by atoms with Crippen molar-refractivity contribution in [3.8, 4) is 23.0 Å². The van der Waals surface area contributed by atoms with Crippen molar-refractivity contribution in [2.45, 2.75) is 25.2 Å². The fourth-order valence-corrected chi connectivity index (χ4v) is 4.30. The van der Waals surface area contributed by atoms with Gasteiger partial charge in [0.25, 0.3) is 0 Å². The van der Waals surface area contributed by atoms with Crippen LogP contribution in [0.1, 0.15) is 12.8 Å². The van der Waals surface area contributed by atoms with Gasteiger partial charge in [0.05, 0.1) is 10.7 Å². The topological polar surface area (TPSA) is 79.9 Å². The van der Waals surface area contributed by atoms with Crippen LogP contribution >= 0.6 is 11.6 Å². The Morgan fingerprint density at radius 3 is 2.88 bits per heavy atom. The number of hydrogen-bond acceptors (Lipinski definition) is 8. The van der Waals surface area contributed by atoms with E-state index in [4.69, 9.17) is 25.8 Å². The van der Waals surface area contributed by atoms with Crippen LogP contribution in [0.5, 0.6) is 23.0 Å². The number of anilines is 3. The molecule has 3 N–H and O–H groups in total. The number of rotatable bonds is 8. The van der Waals surface area contributed by atoms with Gasteiger partial charge in [0.1, 0.15) is 35.4 Å². The predicted molar refractivity (Wildman–Crippen MR) is 135 cm³/mol. The SMILES string of the molecule is CNc1cc(Oc2ccc3c(c2)NC(Nc2ccc(Cl)c(OC[C@@H]4CCCN4C)c2)O3)ccn1. The van der Waals surface area contributed by atoms with Crippen LogP contribution in [0.3, 0.4) is 0 Å². The second-order valence-electron chi connectivity index (χ2n) is 8.41. The normalized spacial score (nSPS) is 19.1. The first-order valence-electron chi connectivity index (χ1n) is 11.4. The standard InChI is InChI=1S/C25H28ClN5O3/c1-27-24-14-19(9-10-28-24)33-18-6-8-22-21(13-18)30-25(34-22)29-16-5-7-20(26)23(12-16)32-15-17-4-3-11-31(17)2/h5-10,12-14,17,25,29-30H,3-4,11,15H2,1-2H3,(H,27,28)/t17-,25?/m0/s1. The summed E-state index contributed by atoms with van der Waals surface area (Å²) in [4.78, 5) is 6.53. The van der Waals surface area contributed by atoms with Gasteiger partial charge in [-0.1, -0.05) is 11.6 Å². The molecule has 178 valence electrons. The zero-order valence-corrected chi connectivity index (χ0v) is 19.9. The first-order chi connectivity index (χ1) is 16.6. The largest absolute Gasteiger partial charge is 0.490 e. The third kappa shape index (κ3) is 5.08. The zero-order valence-electron chi connectivity index (χ0n) is 19.2. The van der Waals surface area contributed by atoms with Gasteiger partial charge >= 0.3 is 0 Å². The molecule has 3 aromatic rings. The van der Waals surface area contributed by atoms with Crippen LogP contribution in [-0.4, -0.2) is 49.5 Å². The molecule has 8 nitrogen and oxygen atoms in total. The highest BCUT2D eigenvalue weighted by molar-refractivity contribution is 6.32. The number of nitrogens with one attached hydrogen (secondary N) is 3. The number of likely N-dealkylation sites (tertiary alicyclic amines) is 1. The van der Waals surface area contributed by atoms with E-state index in [1.165, 1.54) is 6.42 Å². The highest BCUT2D eigenvalue weighted by Crippen LogP contribution is 2.37. The van der Waals surface area contributed by atoms with E-state index in [0.29, 0.717) is 34.9 Å². The summed E-state index contributed by atoms with van der Waals surface area (Å²) in [6, 6.07) is 15.4. The molecule has 9 heteroatoms. The average molecular weight is 482 g/mol. The van der Waals surface area contributed by atoms with Crippen molar-refractivity contribution in [2.24, 2.45) is 0 Å². The van der Waals surface area contributed by atoms with Crippen LogP contribution in [0.4, 0.5) is 17.2 Å². The zero-order chi connectivity index (χ0) is 23.5. The monoisotopic (exact) mass is 481 g/mol. The Kier molecular flexibility index (Phi) is 6.51. The smallest absolute Gasteiger partial charge is 0.248 e. The number of hydrogen-bond donors (Lipinski definition) is 3. The van der Waals surface area contributed by atoms with Gasteiger partial charge in [-0.05, 0) is 56.8 Å². The fourth-order valence-electron chi connectivity index (χ4n) is 4.13. The molecule has 2 atom stereocenters. The lowest BCUT2D eigenvalue weighted by Crippen LogP contribution is -2.31. The second-order valence-corrected chi connectivity index (χ2v) is 8.81. The Hall–Kier alpha value is -3.36. The predicted octanol–water partition coefficient (Wildman–Crippen LogP) is 5.24. The summed E-state index contributed by atoms with van der Waals surface area (Å²) in [6.07, 6.45) is 3.62. The van der Waals surface area contributed by atoms with Crippen molar-refractivity contribution in [1.82, 2.24) is 9.88 Å². The second kappa shape index (κ2) is 9.87. The van der Waals surface area contributed by atoms with E-state index in [0.717, 1.165) is 35.9 Å². The van der Waals surface area contributed by atoms with Crippen molar-refractivity contribution in [1.29, 1.82) is 0 Å². The molecule has 0 radical (unpaired) electrons. The van der Waals surface area contributed by atoms with Crippen LogP contribution in [0, 0.1) is 0 Å². The van der Waals surface area contributed by atoms with Gasteiger partial charge in [-0.2, -0.15) is 0 Å². The molecule has 0 amide bonds. The number of halogens is 1. The Bertz CT molecular complexity index is 1160. The van der Waals surface area contributed by atoms with E-state index >= 15 is 0 Å². The summed E-state index contributed by atoms with van der Waals surface area (Å²) >= 11 is 6.38. The van der Waals surface area contributed by atoms with Gasteiger partial charge in [0.2, 0.25) is 6.35 Å². The Labute approximate surface area is 204 Å². The van der Waals surface area contributed by atoms with Crippen LogP contribution in [0.25, 0.3) is 0 Å². The van der Waals surface area contributed by atoms with Gasteiger partial charge in [-0.15, -0.1) is 0 Å².